The summed E-state index contributed by atoms with van der Waals surface area (Å²) in [6.45, 7) is 14.0. The van der Waals surface area contributed by atoms with Gasteiger partial charge in [-0.15, -0.1) is 0 Å². The molecule has 2 saturated heterocycles. The van der Waals surface area contributed by atoms with Crippen LogP contribution < -0.4 is 5.32 Å². The predicted octanol–water partition coefficient (Wildman–Crippen LogP) is 1.64. The molecule has 4 nitrogen and oxygen atoms in total. The fourth-order valence-corrected chi connectivity index (χ4v) is 3.23. The maximum absolute atomic E-state index is 4.45. The molecule has 110 valence electrons. The van der Waals surface area contributed by atoms with E-state index in [4.69, 9.17) is 0 Å². The minimum Gasteiger partial charge on any atom is -0.356 e. The number of guanidine groups is 1. The quantitative estimate of drug-likeness (QED) is 0.622. The van der Waals surface area contributed by atoms with Crippen LogP contribution in [0.5, 0.6) is 0 Å². The average Bonchev–Trinajstić information content (AvgIpc) is 2.97. The summed E-state index contributed by atoms with van der Waals surface area (Å²) in [6.07, 6.45) is 2.59. The van der Waals surface area contributed by atoms with Gasteiger partial charge in [0.25, 0.3) is 0 Å². The molecule has 2 aliphatic heterocycles. The summed E-state index contributed by atoms with van der Waals surface area (Å²) in [5, 5.41) is 3.58. The van der Waals surface area contributed by atoms with Crippen molar-refractivity contribution in [1.82, 2.24) is 15.1 Å². The summed E-state index contributed by atoms with van der Waals surface area (Å²) in [5.41, 5.74) is 0.435. The Labute approximate surface area is 118 Å². The SMILES string of the molecule is CCN1CCC(CNC(=NC)N2CCC(C)(C)C2)C1. The summed E-state index contributed by atoms with van der Waals surface area (Å²) >= 11 is 0. The molecule has 0 aromatic carbocycles. The van der Waals surface area contributed by atoms with Gasteiger partial charge in [-0.1, -0.05) is 20.8 Å². The molecule has 2 rings (SSSR count). The van der Waals surface area contributed by atoms with E-state index in [0.29, 0.717) is 5.41 Å². The Kier molecular flexibility index (Phi) is 4.71. The molecule has 2 fully saturated rings. The van der Waals surface area contributed by atoms with Crippen LogP contribution in [0.4, 0.5) is 0 Å². The van der Waals surface area contributed by atoms with E-state index in [1.807, 2.05) is 7.05 Å². The molecule has 0 bridgehead atoms. The van der Waals surface area contributed by atoms with E-state index < -0.39 is 0 Å². The minimum atomic E-state index is 0.435. The van der Waals surface area contributed by atoms with Crippen molar-refractivity contribution in [2.24, 2.45) is 16.3 Å². The lowest BCUT2D eigenvalue weighted by atomic mass is 9.93. The van der Waals surface area contributed by atoms with Gasteiger partial charge in [0.15, 0.2) is 5.96 Å². The Hall–Kier alpha value is -0.770. The Morgan fingerprint density at radius 1 is 1.37 bits per heavy atom. The van der Waals surface area contributed by atoms with E-state index >= 15 is 0 Å². The lowest BCUT2D eigenvalue weighted by Gasteiger charge is -2.24. The van der Waals surface area contributed by atoms with Crippen LogP contribution in [0.25, 0.3) is 0 Å². The van der Waals surface area contributed by atoms with Gasteiger partial charge in [-0.05, 0) is 37.3 Å². The Bertz CT molecular complexity index is 324. The van der Waals surface area contributed by atoms with Crippen molar-refractivity contribution in [3.63, 3.8) is 0 Å². The number of likely N-dealkylation sites (tertiary alicyclic amines) is 2. The zero-order valence-electron chi connectivity index (χ0n) is 13.1. The number of nitrogens with one attached hydrogen (secondary N) is 1. The number of aliphatic imine (C=N–C) groups is 1. The van der Waals surface area contributed by atoms with Crippen LogP contribution in [0.2, 0.25) is 0 Å². The number of rotatable bonds is 3. The zero-order valence-corrected chi connectivity index (χ0v) is 13.1. The summed E-state index contributed by atoms with van der Waals surface area (Å²) in [4.78, 5) is 9.40. The monoisotopic (exact) mass is 266 g/mol. The second kappa shape index (κ2) is 6.12. The lowest BCUT2D eigenvalue weighted by molar-refractivity contribution is 0.339. The Morgan fingerprint density at radius 2 is 2.16 bits per heavy atom. The van der Waals surface area contributed by atoms with Crippen LogP contribution >= 0.6 is 0 Å². The first-order valence-electron chi connectivity index (χ1n) is 7.72. The molecule has 0 spiro atoms. The molecule has 0 amide bonds. The first-order valence-corrected chi connectivity index (χ1v) is 7.72. The van der Waals surface area contributed by atoms with Crippen molar-refractivity contribution in [2.45, 2.75) is 33.6 Å². The van der Waals surface area contributed by atoms with Gasteiger partial charge in [0.1, 0.15) is 0 Å². The molecular formula is C15H30N4. The van der Waals surface area contributed by atoms with Crippen molar-refractivity contribution in [3.05, 3.63) is 0 Å². The molecule has 2 aliphatic rings. The van der Waals surface area contributed by atoms with Crippen LogP contribution in [-0.2, 0) is 0 Å². The third-order valence-electron chi connectivity index (χ3n) is 4.55. The molecule has 0 aromatic rings. The maximum Gasteiger partial charge on any atom is 0.193 e. The summed E-state index contributed by atoms with van der Waals surface area (Å²) in [5.74, 6) is 1.88. The van der Waals surface area contributed by atoms with Crippen molar-refractivity contribution in [1.29, 1.82) is 0 Å². The first-order chi connectivity index (χ1) is 9.04. The fraction of sp³-hybridized carbons (Fsp3) is 0.933. The topological polar surface area (TPSA) is 30.9 Å². The second-order valence-electron chi connectivity index (χ2n) is 6.81. The van der Waals surface area contributed by atoms with E-state index in [2.05, 4.69) is 40.9 Å². The maximum atomic E-state index is 4.45. The van der Waals surface area contributed by atoms with Gasteiger partial charge in [0.05, 0.1) is 0 Å². The van der Waals surface area contributed by atoms with E-state index in [0.717, 1.165) is 31.5 Å². The summed E-state index contributed by atoms with van der Waals surface area (Å²) in [7, 11) is 1.90. The van der Waals surface area contributed by atoms with Crippen LogP contribution in [0.15, 0.2) is 4.99 Å². The van der Waals surface area contributed by atoms with Crippen LogP contribution in [-0.4, -0.2) is 62.1 Å². The standard InChI is InChI=1S/C15H30N4/c1-5-18-8-6-13(11-18)10-17-14(16-4)19-9-7-15(2,3)12-19/h13H,5-12H2,1-4H3,(H,16,17). The molecule has 19 heavy (non-hydrogen) atoms. The summed E-state index contributed by atoms with van der Waals surface area (Å²) < 4.78 is 0. The molecule has 4 heteroatoms. The number of hydrogen-bond donors (Lipinski definition) is 1. The van der Waals surface area contributed by atoms with Gasteiger partial charge in [-0.25, -0.2) is 0 Å². The van der Waals surface area contributed by atoms with Crippen molar-refractivity contribution >= 4 is 5.96 Å². The molecule has 1 atom stereocenters. The third kappa shape index (κ3) is 3.85. The molecule has 2 heterocycles. The summed E-state index contributed by atoms with van der Waals surface area (Å²) in [6, 6.07) is 0. The smallest absolute Gasteiger partial charge is 0.193 e. The Balaban J connectivity index is 1.78. The molecule has 0 aromatic heterocycles. The van der Waals surface area contributed by atoms with Crippen molar-refractivity contribution in [2.75, 3.05) is 46.3 Å². The molecule has 0 saturated carbocycles. The Morgan fingerprint density at radius 3 is 2.68 bits per heavy atom. The molecule has 0 aliphatic carbocycles. The van der Waals surface area contributed by atoms with Crippen molar-refractivity contribution < 1.29 is 0 Å². The molecule has 1 unspecified atom stereocenters. The van der Waals surface area contributed by atoms with Gasteiger partial charge in [0.2, 0.25) is 0 Å². The van der Waals surface area contributed by atoms with E-state index in [1.54, 1.807) is 0 Å². The fourth-order valence-electron chi connectivity index (χ4n) is 3.23. The minimum absolute atomic E-state index is 0.435. The lowest BCUT2D eigenvalue weighted by Crippen LogP contribution is -2.42. The van der Waals surface area contributed by atoms with E-state index in [-0.39, 0.29) is 0 Å². The van der Waals surface area contributed by atoms with Crippen molar-refractivity contribution in [3.8, 4) is 0 Å². The van der Waals surface area contributed by atoms with Gasteiger partial charge in [-0.3, -0.25) is 4.99 Å². The largest absolute Gasteiger partial charge is 0.356 e. The van der Waals surface area contributed by atoms with E-state index in [1.165, 1.54) is 32.5 Å². The van der Waals surface area contributed by atoms with E-state index in [9.17, 15) is 0 Å². The van der Waals surface area contributed by atoms with Gasteiger partial charge < -0.3 is 15.1 Å². The second-order valence-corrected chi connectivity index (χ2v) is 6.81. The third-order valence-corrected chi connectivity index (χ3v) is 4.55. The molecule has 0 radical (unpaired) electrons. The predicted molar refractivity (Wildman–Crippen MR) is 81.6 cm³/mol. The van der Waals surface area contributed by atoms with Crippen LogP contribution in [0.3, 0.4) is 0 Å². The van der Waals surface area contributed by atoms with Gasteiger partial charge in [-0.2, -0.15) is 0 Å². The highest BCUT2D eigenvalue weighted by molar-refractivity contribution is 5.80. The number of hydrogen-bond acceptors (Lipinski definition) is 2. The average molecular weight is 266 g/mol. The van der Waals surface area contributed by atoms with Gasteiger partial charge >= 0.3 is 0 Å². The zero-order chi connectivity index (χ0) is 13.9. The van der Waals surface area contributed by atoms with Gasteiger partial charge in [0, 0.05) is 33.2 Å². The first kappa shape index (κ1) is 14.6. The molecule has 1 N–H and O–H groups in total. The highest BCUT2D eigenvalue weighted by Gasteiger charge is 2.31. The number of nitrogens with zero attached hydrogens (tertiary/aromatic N) is 3. The highest BCUT2D eigenvalue weighted by atomic mass is 15.3. The molecular weight excluding hydrogens is 236 g/mol. The van der Waals surface area contributed by atoms with Crippen LogP contribution in [0, 0.1) is 11.3 Å². The highest BCUT2D eigenvalue weighted by Crippen LogP contribution is 2.28. The van der Waals surface area contributed by atoms with Crippen LogP contribution in [0.1, 0.15) is 33.6 Å². The normalized spacial score (nSPS) is 28.1.